The molecule has 0 fully saturated rings. The van der Waals surface area contributed by atoms with Gasteiger partial charge in [0.15, 0.2) is 5.82 Å². The van der Waals surface area contributed by atoms with Crippen LogP contribution in [0.15, 0.2) is 65.2 Å². The van der Waals surface area contributed by atoms with Gasteiger partial charge in [-0.1, -0.05) is 53.7 Å². The molecular formula is C16H15N3O3S. The van der Waals surface area contributed by atoms with Crippen LogP contribution >= 0.6 is 0 Å². The summed E-state index contributed by atoms with van der Waals surface area (Å²) in [6.45, 7) is 0.229. The van der Waals surface area contributed by atoms with E-state index in [2.05, 4.69) is 14.9 Å². The smallest absolute Gasteiger partial charge is 0.257 e. The lowest BCUT2D eigenvalue weighted by atomic mass is 10.2. The van der Waals surface area contributed by atoms with Crippen molar-refractivity contribution in [3.8, 4) is 11.5 Å². The number of nitrogens with one attached hydrogen (secondary N) is 1. The lowest BCUT2D eigenvalue weighted by molar-refractivity contribution is 0.424. The van der Waals surface area contributed by atoms with Crippen LogP contribution in [0.4, 0.5) is 0 Å². The molecule has 0 radical (unpaired) electrons. The standard InChI is InChI=1S/C16H15N3O3S/c20-23(21,17-11-13-7-3-1-4-8-13)12-15-18-16(22-19-15)14-9-5-2-6-10-14/h1-10,17H,11-12H2. The molecule has 0 aliphatic rings. The van der Waals surface area contributed by atoms with Gasteiger partial charge in [0.2, 0.25) is 10.0 Å². The zero-order valence-electron chi connectivity index (χ0n) is 12.2. The topological polar surface area (TPSA) is 85.1 Å². The Bertz CT molecular complexity index is 862. The van der Waals surface area contributed by atoms with Gasteiger partial charge < -0.3 is 4.52 Å². The molecule has 3 aromatic rings. The Kier molecular flexibility index (Phi) is 4.50. The molecule has 0 aliphatic carbocycles. The summed E-state index contributed by atoms with van der Waals surface area (Å²) in [5.74, 6) is 0.110. The molecule has 0 unspecified atom stereocenters. The number of benzene rings is 2. The van der Waals surface area contributed by atoms with E-state index in [4.69, 9.17) is 4.52 Å². The normalized spacial score (nSPS) is 11.5. The summed E-state index contributed by atoms with van der Waals surface area (Å²) in [4.78, 5) is 4.12. The molecule has 23 heavy (non-hydrogen) atoms. The highest BCUT2D eigenvalue weighted by atomic mass is 32.2. The molecule has 0 aliphatic heterocycles. The summed E-state index contributed by atoms with van der Waals surface area (Å²) in [7, 11) is -3.54. The second kappa shape index (κ2) is 6.72. The minimum Gasteiger partial charge on any atom is -0.334 e. The minimum atomic E-state index is -3.54. The van der Waals surface area contributed by atoms with Gasteiger partial charge in [-0.2, -0.15) is 4.98 Å². The van der Waals surface area contributed by atoms with Crippen molar-refractivity contribution in [2.45, 2.75) is 12.3 Å². The van der Waals surface area contributed by atoms with E-state index in [1.165, 1.54) is 0 Å². The predicted octanol–water partition coefficient (Wildman–Crippen LogP) is 2.36. The molecule has 1 aromatic heterocycles. The highest BCUT2D eigenvalue weighted by Gasteiger charge is 2.17. The van der Waals surface area contributed by atoms with E-state index < -0.39 is 10.0 Å². The highest BCUT2D eigenvalue weighted by molar-refractivity contribution is 7.88. The van der Waals surface area contributed by atoms with Gasteiger partial charge in [0.1, 0.15) is 5.75 Å². The van der Waals surface area contributed by atoms with Crippen LogP contribution in [0.2, 0.25) is 0 Å². The van der Waals surface area contributed by atoms with Crippen LogP contribution in [-0.4, -0.2) is 18.6 Å². The van der Waals surface area contributed by atoms with Crippen LogP contribution in [0.5, 0.6) is 0 Å². The first kappa shape index (κ1) is 15.4. The number of hydrogen-bond donors (Lipinski definition) is 1. The Hall–Kier alpha value is -2.51. The van der Waals surface area contributed by atoms with Crippen molar-refractivity contribution in [3.63, 3.8) is 0 Å². The van der Waals surface area contributed by atoms with E-state index in [1.54, 1.807) is 0 Å². The van der Waals surface area contributed by atoms with Gasteiger partial charge in [-0.3, -0.25) is 0 Å². The molecule has 0 amide bonds. The van der Waals surface area contributed by atoms with Crippen molar-refractivity contribution in [1.29, 1.82) is 0 Å². The van der Waals surface area contributed by atoms with Crippen molar-refractivity contribution in [3.05, 3.63) is 72.1 Å². The second-order valence-corrected chi connectivity index (χ2v) is 6.75. The first-order valence-electron chi connectivity index (χ1n) is 7.02. The number of hydrogen-bond acceptors (Lipinski definition) is 5. The van der Waals surface area contributed by atoms with Crippen molar-refractivity contribution >= 4 is 10.0 Å². The summed E-state index contributed by atoms with van der Waals surface area (Å²) in [5, 5.41) is 3.73. The van der Waals surface area contributed by atoms with Crippen LogP contribution in [0, 0.1) is 0 Å². The van der Waals surface area contributed by atoms with Gasteiger partial charge >= 0.3 is 0 Å². The van der Waals surface area contributed by atoms with Gasteiger partial charge in [-0.25, -0.2) is 13.1 Å². The molecule has 6 nitrogen and oxygen atoms in total. The van der Waals surface area contributed by atoms with Crippen LogP contribution in [-0.2, 0) is 22.3 Å². The Morgan fingerprint density at radius 3 is 2.30 bits per heavy atom. The molecule has 0 atom stereocenters. The molecule has 1 N–H and O–H groups in total. The Labute approximate surface area is 134 Å². The molecule has 0 saturated heterocycles. The van der Waals surface area contributed by atoms with Gasteiger partial charge in [-0.15, -0.1) is 0 Å². The van der Waals surface area contributed by atoms with E-state index in [-0.39, 0.29) is 18.1 Å². The fourth-order valence-corrected chi connectivity index (χ4v) is 2.97. The third kappa shape index (κ3) is 4.24. The summed E-state index contributed by atoms with van der Waals surface area (Å²) in [5.41, 5.74) is 1.63. The van der Waals surface area contributed by atoms with E-state index in [1.807, 2.05) is 60.7 Å². The molecule has 2 aromatic carbocycles. The van der Waals surface area contributed by atoms with Crippen molar-refractivity contribution < 1.29 is 12.9 Å². The maximum Gasteiger partial charge on any atom is 0.257 e. The van der Waals surface area contributed by atoms with Crippen LogP contribution < -0.4 is 4.72 Å². The van der Waals surface area contributed by atoms with E-state index in [9.17, 15) is 8.42 Å². The lowest BCUT2D eigenvalue weighted by Crippen LogP contribution is -2.25. The molecule has 0 saturated carbocycles. The third-order valence-corrected chi connectivity index (χ3v) is 4.37. The number of nitrogens with zero attached hydrogens (tertiary/aromatic N) is 2. The van der Waals surface area contributed by atoms with E-state index >= 15 is 0 Å². The summed E-state index contributed by atoms with van der Waals surface area (Å²) >= 11 is 0. The summed E-state index contributed by atoms with van der Waals surface area (Å²) in [6, 6.07) is 18.5. The van der Waals surface area contributed by atoms with Crippen LogP contribution in [0.25, 0.3) is 11.5 Å². The zero-order valence-corrected chi connectivity index (χ0v) is 13.0. The highest BCUT2D eigenvalue weighted by Crippen LogP contribution is 2.16. The molecule has 118 valence electrons. The predicted molar refractivity (Wildman–Crippen MR) is 85.6 cm³/mol. The lowest BCUT2D eigenvalue weighted by Gasteiger charge is -2.04. The van der Waals surface area contributed by atoms with Crippen molar-refractivity contribution in [1.82, 2.24) is 14.9 Å². The Morgan fingerprint density at radius 2 is 1.61 bits per heavy atom. The minimum absolute atomic E-state index is 0.129. The molecule has 7 heteroatoms. The summed E-state index contributed by atoms with van der Waals surface area (Å²) < 4.78 is 31.8. The molecular weight excluding hydrogens is 314 g/mol. The van der Waals surface area contributed by atoms with Gasteiger partial charge in [0, 0.05) is 12.1 Å². The third-order valence-electron chi connectivity index (χ3n) is 3.15. The Morgan fingerprint density at radius 1 is 0.957 bits per heavy atom. The molecule has 0 spiro atoms. The van der Waals surface area contributed by atoms with Gasteiger partial charge in [-0.05, 0) is 17.7 Å². The molecule has 3 rings (SSSR count). The number of rotatable bonds is 6. The van der Waals surface area contributed by atoms with Crippen molar-refractivity contribution in [2.24, 2.45) is 0 Å². The monoisotopic (exact) mass is 329 g/mol. The zero-order chi connectivity index (χ0) is 16.1. The first-order chi connectivity index (χ1) is 11.1. The van der Waals surface area contributed by atoms with Crippen LogP contribution in [0.3, 0.4) is 0 Å². The SMILES string of the molecule is O=S(=O)(Cc1noc(-c2ccccc2)n1)NCc1ccccc1. The molecule has 0 bridgehead atoms. The molecule has 1 heterocycles. The fraction of sp³-hybridized carbons (Fsp3) is 0.125. The average Bonchev–Trinajstić information content (AvgIpc) is 3.03. The van der Waals surface area contributed by atoms with Gasteiger partial charge in [0.25, 0.3) is 5.89 Å². The quantitative estimate of drug-likeness (QED) is 0.750. The van der Waals surface area contributed by atoms with Crippen molar-refractivity contribution in [2.75, 3.05) is 0 Å². The van der Waals surface area contributed by atoms with Crippen LogP contribution in [0.1, 0.15) is 11.4 Å². The maximum atomic E-state index is 12.1. The fourth-order valence-electron chi connectivity index (χ4n) is 2.02. The van der Waals surface area contributed by atoms with E-state index in [0.717, 1.165) is 11.1 Å². The average molecular weight is 329 g/mol. The maximum absolute atomic E-state index is 12.1. The number of sulfonamides is 1. The van der Waals surface area contributed by atoms with E-state index in [0.29, 0.717) is 5.89 Å². The first-order valence-corrected chi connectivity index (χ1v) is 8.67. The second-order valence-electron chi connectivity index (χ2n) is 4.95. The largest absolute Gasteiger partial charge is 0.334 e. The number of aromatic nitrogens is 2. The van der Waals surface area contributed by atoms with Gasteiger partial charge in [0.05, 0.1) is 0 Å². The summed E-state index contributed by atoms with van der Waals surface area (Å²) in [6.07, 6.45) is 0. The Balaban J connectivity index is 1.65.